The number of nitrogens with one attached hydrogen (secondary N) is 1. The first kappa shape index (κ1) is 16.4. The summed E-state index contributed by atoms with van der Waals surface area (Å²) in [6, 6.07) is 10.8. The molecule has 2 aromatic rings. The summed E-state index contributed by atoms with van der Waals surface area (Å²) >= 11 is 0. The highest BCUT2D eigenvalue weighted by Gasteiger charge is 2.22. The molecule has 6 heteroatoms. The smallest absolute Gasteiger partial charge is 0.414 e. The minimum absolute atomic E-state index is 0.238. The van der Waals surface area contributed by atoms with Gasteiger partial charge in [0.05, 0.1) is 19.4 Å². The van der Waals surface area contributed by atoms with E-state index in [0.29, 0.717) is 18.9 Å². The Kier molecular flexibility index (Phi) is 5.17. The topological polar surface area (TPSA) is 71.8 Å². The van der Waals surface area contributed by atoms with Gasteiger partial charge in [-0.05, 0) is 42.5 Å². The fraction of sp³-hybridized carbons (Fsp3) is 0.158. The number of benzene rings is 1. The lowest BCUT2D eigenvalue weighted by Crippen LogP contribution is -2.23. The third-order valence-electron chi connectivity index (χ3n) is 3.47. The zero-order valence-corrected chi connectivity index (χ0v) is 13.4. The number of nitrogens with zero attached hydrogens (tertiary/aromatic N) is 1. The molecule has 6 nitrogen and oxygen atoms in total. The van der Waals surface area contributed by atoms with Crippen molar-refractivity contribution in [2.45, 2.75) is 0 Å². The van der Waals surface area contributed by atoms with E-state index in [1.807, 2.05) is 24.3 Å². The minimum Gasteiger partial charge on any atom is -0.465 e. The predicted molar refractivity (Wildman–Crippen MR) is 92.8 cm³/mol. The van der Waals surface area contributed by atoms with Gasteiger partial charge in [0.15, 0.2) is 0 Å². The van der Waals surface area contributed by atoms with Gasteiger partial charge in [0.2, 0.25) is 5.91 Å². The van der Waals surface area contributed by atoms with Crippen LogP contribution >= 0.6 is 0 Å². The Morgan fingerprint density at radius 2 is 2.12 bits per heavy atom. The van der Waals surface area contributed by atoms with Gasteiger partial charge in [0.25, 0.3) is 0 Å². The third-order valence-corrected chi connectivity index (χ3v) is 3.47. The van der Waals surface area contributed by atoms with Crippen LogP contribution in [0.25, 0.3) is 6.08 Å². The Balaban J connectivity index is 1.48. The van der Waals surface area contributed by atoms with E-state index in [1.54, 1.807) is 29.4 Å². The fourth-order valence-electron chi connectivity index (χ4n) is 2.23. The molecule has 1 aliphatic heterocycles. The summed E-state index contributed by atoms with van der Waals surface area (Å²) in [6.07, 6.45) is 4.19. The molecular weight excluding hydrogens is 320 g/mol. The summed E-state index contributed by atoms with van der Waals surface area (Å²) < 4.78 is 10.00. The van der Waals surface area contributed by atoms with Gasteiger partial charge in [0, 0.05) is 17.3 Å². The molecule has 1 fully saturated rings. The Morgan fingerprint density at radius 1 is 1.28 bits per heavy atom. The molecule has 0 unspecified atom stereocenters. The number of carbonyl (C=O) groups excluding carboxylic acids is 2. The maximum atomic E-state index is 11.6. The van der Waals surface area contributed by atoms with Crippen molar-refractivity contribution in [1.29, 1.82) is 0 Å². The highest BCUT2D eigenvalue weighted by molar-refractivity contribution is 5.91. The molecule has 3 rings (SSSR count). The van der Waals surface area contributed by atoms with Crippen LogP contribution in [0.4, 0.5) is 10.5 Å². The quantitative estimate of drug-likeness (QED) is 0.687. The maximum absolute atomic E-state index is 11.6. The molecule has 0 aliphatic carbocycles. The highest BCUT2D eigenvalue weighted by atomic mass is 16.6. The number of furan rings is 1. The molecule has 2 heterocycles. The molecule has 126 valence electrons. The van der Waals surface area contributed by atoms with Crippen LogP contribution in [0.1, 0.15) is 11.3 Å². The van der Waals surface area contributed by atoms with Gasteiger partial charge in [-0.2, -0.15) is 0 Å². The van der Waals surface area contributed by atoms with Crippen LogP contribution in [0, 0.1) is 11.8 Å². The van der Waals surface area contributed by atoms with Crippen molar-refractivity contribution in [2.75, 3.05) is 24.6 Å². The fourth-order valence-corrected chi connectivity index (χ4v) is 2.23. The molecule has 0 atom stereocenters. The standard InChI is InChI=1S/C19H16N2O4/c22-18(10-9-17-4-2-13-24-17)20-11-1-3-15-5-7-16(8-6-15)21-12-14-25-19(21)23/h2,4-10,13H,11-12,14H2,(H,20,22)/b10-9+. The van der Waals surface area contributed by atoms with Crippen molar-refractivity contribution < 1.29 is 18.7 Å². The minimum atomic E-state index is -0.329. The molecule has 2 amide bonds. The average Bonchev–Trinajstić information content (AvgIpc) is 3.29. The van der Waals surface area contributed by atoms with Crippen molar-refractivity contribution in [3.05, 3.63) is 60.1 Å². The van der Waals surface area contributed by atoms with Crippen molar-refractivity contribution in [3.8, 4) is 11.8 Å². The number of carbonyl (C=O) groups is 2. The largest absolute Gasteiger partial charge is 0.465 e. The van der Waals surface area contributed by atoms with Gasteiger partial charge in [-0.3, -0.25) is 9.69 Å². The molecule has 1 N–H and O–H groups in total. The highest BCUT2D eigenvalue weighted by Crippen LogP contribution is 2.18. The summed E-state index contributed by atoms with van der Waals surface area (Å²) in [5, 5.41) is 2.67. The lowest BCUT2D eigenvalue weighted by molar-refractivity contribution is -0.116. The van der Waals surface area contributed by atoms with E-state index in [-0.39, 0.29) is 18.5 Å². The molecule has 25 heavy (non-hydrogen) atoms. The van der Waals surface area contributed by atoms with Crippen LogP contribution < -0.4 is 10.2 Å². The molecule has 0 saturated carbocycles. The Bertz CT molecular complexity index is 827. The van der Waals surface area contributed by atoms with E-state index in [1.165, 1.54) is 6.08 Å². The normalized spacial score (nSPS) is 13.4. The van der Waals surface area contributed by atoms with Crippen LogP contribution in [0.3, 0.4) is 0 Å². The monoisotopic (exact) mass is 336 g/mol. The number of cyclic esters (lactones) is 1. The first-order valence-electron chi connectivity index (χ1n) is 7.75. The molecule has 0 spiro atoms. The first-order valence-corrected chi connectivity index (χ1v) is 7.75. The number of ether oxygens (including phenoxy) is 1. The van der Waals surface area contributed by atoms with Crippen molar-refractivity contribution in [1.82, 2.24) is 5.32 Å². The van der Waals surface area contributed by atoms with Crippen LogP contribution in [0.15, 0.2) is 53.2 Å². The van der Waals surface area contributed by atoms with E-state index in [4.69, 9.17) is 9.15 Å². The molecule has 1 aliphatic rings. The summed E-state index contributed by atoms with van der Waals surface area (Å²) in [7, 11) is 0. The second-order valence-corrected chi connectivity index (χ2v) is 5.18. The Morgan fingerprint density at radius 3 is 2.80 bits per heavy atom. The van der Waals surface area contributed by atoms with Crippen LogP contribution in [0.5, 0.6) is 0 Å². The summed E-state index contributed by atoms with van der Waals surface area (Å²) in [4.78, 5) is 24.7. The summed E-state index contributed by atoms with van der Waals surface area (Å²) in [5.74, 6) is 6.21. The van der Waals surface area contributed by atoms with E-state index >= 15 is 0 Å². The van der Waals surface area contributed by atoms with E-state index in [2.05, 4.69) is 17.2 Å². The number of hydrogen-bond acceptors (Lipinski definition) is 4. The molecule has 1 aromatic heterocycles. The molecule has 1 saturated heterocycles. The van der Waals surface area contributed by atoms with Crippen molar-refractivity contribution in [3.63, 3.8) is 0 Å². The Labute approximate surface area is 145 Å². The number of hydrogen-bond donors (Lipinski definition) is 1. The SMILES string of the molecule is O=C(/C=C/c1ccco1)NCC#Cc1ccc(N2CCOC2=O)cc1. The average molecular weight is 336 g/mol. The molecular formula is C19H16N2O4. The van der Waals surface area contributed by atoms with E-state index in [9.17, 15) is 9.59 Å². The molecule has 0 bridgehead atoms. The van der Waals surface area contributed by atoms with Crippen molar-refractivity contribution in [2.24, 2.45) is 0 Å². The second kappa shape index (κ2) is 7.88. The van der Waals surface area contributed by atoms with Gasteiger partial charge in [0.1, 0.15) is 12.4 Å². The van der Waals surface area contributed by atoms with E-state index < -0.39 is 0 Å². The first-order chi connectivity index (χ1) is 12.2. The zero-order valence-electron chi connectivity index (χ0n) is 13.4. The van der Waals surface area contributed by atoms with Gasteiger partial charge in [-0.25, -0.2) is 4.79 Å². The lowest BCUT2D eigenvalue weighted by Gasteiger charge is -2.11. The Hall–Kier alpha value is -3.46. The number of amides is 2. The van der Waals surface area contributed by atoms with Crippen molar-refractivity contribution >= 4 is 23.8 Å². The number of anilines is 1. The summed E-state index contributed by atoms with van der Waals surface area (Å²) in [6.45, 7) is 1.21. The van der Waals surface area contributed by atoms with Crippen LogP contribution in [-0.2, 0) is 9.53 Å². The van der Waals surface area contributed by atoms with Gasteiger partial charge >= 0.3 is 6.09 Å². The van der Waals surface area contributed by atoms with E-state index in [0.717, 1.165) is 11.3 Å². The van der Waals surface area contributed by atoms with Crippen LogP contribution in [-0.4, -0.2) is 31.7 Å². The van der Waals surface area contributed by atoms with Gasteiger partial charge in [-0.15, -0.1) is 0 Å². The van der Waals surface area contributed by atoms with Gasteiger partial charge < -0.3 is 14.5 Å². The zero-order chi connectivity index (χ0) is 17.5. The second-order valence-electron chi connectivity index (χ2n) is 5.18. The van der Waals surface area contributed by atoms with Gasteiger partial charge in [-0.1, -0.05) is 11.8 Å². The van der Waals surface area contributed by atoms with Crippen LogP contribution in [0.2, 0.25) is 0 Å². The summed E-state index contributed by atoms with van der Waals surface area (Å²) in [5.41, 5.74) is 1.58. The lowest BCUT2D eigenvalue weighted by atomic mass is 10.2. The predicted octanol–water partition coefficient (Wildman–Crippen LogP) is 2.42. The number of rotatable bonds is 4. The molecule has 1 aromatic carbocycles. The maximum Gasteiger partial charge on any atom is 0.414 e. The molecule has 0 radical (unpaired) electrons. The third kappa shape index (κ3) is 4.52.